The molecule has 0 unspecified atom stereocenters. The van der Waals surface area contributed by atoms with Crippen molar-refractivity contribution < 1.29 is 17.9 Å². The first kappa shape index (κ1) is 16.2. The second-order valence-electron chi connectivity index (χ2n) is 6.93. The van der Waals surface area contributed by atoms with E-state index in [1.54, 1.807) is 0 Å². The molecule has 3 rings (SSSR count). The van der Waals surface area contributed by atoms with Gasteiger partial charge in [-0.05, 0) is 49.9 Å². The Kier molecular flexibility index (Phi) is 4.75. The van der Waals surface area contributed by atoms with Crippen LogP contribution in [0.1, 0.15) is 38.5 Å². The van der Waals surface area contributed by atoms with Crippen molar-refractivity contribution in [3.63, 3.8) is 0 Å². The summed E-state index contributed by atoms with van der Waals surface area (Å²) in [6.45, 7) is 1.93. The van der Waals surface area contributed by atoms with Crippen LogP contribution < -0.4 is 5.73 Å². The molecule has 3 aliphatic rings. The molecule has 126 valence electrons. The summed E-state index contributed by atoms with van der Waals surface area (Å²) in [5.41, 5.74) is 5.52. The molecule has 2 aliphatic heterocycles. The number of nitrogens with two attached hydrogens (primary N) is 1. The van der Waals surface area contributed by atoms with E-state index in [-0.39, 0.29) is 11.7 Å². The Morgan fingerprint density at radius 1 is 1.18 bits per heavy atom. The van der Waals surface area contributed by atoms with Gasteiger partial charge in [-0.1, -0.05) is 6.42 Å². The lowest BCUT2D eigenvalue weighted by molar-refractivity contribution is -0.122. The molecule has 0 aromatic heterocycles. The van der Waals surface area contributed by atoms with Crippen molar-refractivity contribution in [1.82, 2.24) is 4.31 Å². The minimum atomic E-state index is -3.40. The van der Waals surface area contributed by atoms with Crippen molar-refractivity contribution >= 4 is 15.9 Å². The molecule has 2 N–H and O–H groups in total. The molecule has 3 atom stereocenters. The largest absolute Gasteiger partial charge is 0.381 e. The molecule has 7 heteroatoms. The van der Waals surface area contributed by atoms with Crippen molar-refractivity contribution in [3.8, 4) is 0 Å². The van der Waals surface area contributed by atoms with Gasteiger partial charge in [-0.25, -0.2) is 8.42 Å². The lowest BCUT2D eigenvalue weighted by atomic mass is 9.94. The summed E-state index contributed by atoms with van der Waals surface area (Å²) >= 11 is 0. The van der Waals surface area contributed by atoms with Crippen LogP contribution in [-0.2, 0) is 19.6 Å². The first-order chi connectivity index (χ1) is 10.5. The number of ether oxygens (including phenoxy) is 1. The summed E-state index contributed by atoms with van der Waals surface area (Å²) in [4.78, 5) is 11.8. The number of rotatable bonds is 5. The number of carbonyl (C=O) groups excluding carboxylic acids is 1. The Morgan fingerprint density at radius 3 is 2.59 bits per heavy atom. The molecule has 1 aliphatic carbocycles. The van der Waals surface area contributed by atoms with Gasteiger partial charge in [-0.15, -0.1) is 0 Å². The van der Waals surface area contributed by atoms with Crippen molar-refractivity contribution in [1.29, 1.82) is 0 Å². The average molecular weight is 330 g/mol. The maximum absolute atomic E-state index is 12.7. The summed E-state index contributed by atoms with van der Waals surface area (Å²) in [6.07, 6.45) is 5.53. The number of sulfonamides is 1. The van der Waals surface area contributed by atoms with Gasteiger partial charge in [0.2, 0.25) is 15.9 Å². The third-order valence-corrected chi connectivity index (χ3v) is 7.46. The van der Waals surface area contributed by atoms with Crippen molar-refractivity contribution in [2.45, 2.75) is 44.6 Å². The highest BCUT2D eigenvalue weighted by Gasteiger charge is 2.50. The zero-order valence-electron chi connectivity index (χ0n) is 12.9. The van der Waals surface area contributed by atoms with Crippen LogP contribution in [0.4, 0.5) is 0 Å². The van der Waals surface area contributed by atoms with Crippen LogP contribution >= 0.6 is 0 Å². The van der Waals surface area contributed by atoms with Crippen LogP contribution in [0.25, 0.3) is 0 Å². The maximum Gasteiger partial charge on any atom is 0.236 e. The van der Waals surface area contributed by atoms with Gasteiger partial charge in [-0.2, -0.15) is 4.31 Å². The molecule has 3 fully saturated rings. The Hall–Kier alpha value is -0.660. The number of carbonyl (C=O) groups is 1. The maximum atomic E-state index is 12.7. The molecule has 0 aromatic carbocycles. The summed E-state index contributed by atoms with van der Waals surface area (Å²) in [7, 11) is -3.40. The number of primary amides is 1. The quantitative estimate of drug-likeness (QED) is 0.804. The molecular formula is C15H26N2O4S. The Bertz CT molecular complexity index is 516. The average Bonchev–Trinajstić information content (AvgIpc) is 3.06. The van der Waals surface area contributed by atoms with Crippen molar-refractivity contribution in [2.24, 2.45) is 23.5 Å². The van der Waals surface area contributed by atoms with Crippen LogP contribution in [0.5, 0.6) is 0 Å². The predicted octanol–water partition coefficient (Wildman–Crippen LogP) is 0.719. The van der Waals surface area contributed by atoms with E-state index in [1.807, 2.05) is 0 Å². The number of amides is 1. The van der Waals surface area contributed by atoms with E-state index >= 15 is 0 Å². The van der Waals surface area contributed by atoms with Gasteiger partial charge in [0, 0.05) is 19.8 Å². The first-order valence-corrected chi connectivity index (χ1v) is 9.96. The third-order valence-electron chi connectivity index (χ3n) is 5.62. The monoisotopic (exact) mass is 330 g/mol. The van der Waals surface area contributed by atoms with E-state index < -0.39 is 22.0 Å². The summed E-state index contributed by atoms with van der Waals surface area (Å²) in [5, 5.41) is 0. The number of fused-ring (bicyclic) bond motifs is 1. The second kappa shape index (κ2) is 6.45. The normalized spacial score (nSPS) is 33.9. The van der Waals surface area contributed by atoms with E-state index in [0.717, 1.165) is 45.3 Å². The SMILES string of the molecule is NC(=O)[C@@H]1[C@H]2CCC[C@@H]2CN1S(=O)(=O)CCC1CCOCC1. The van der Waals surface area contributed by atoms with Gasteiger partial charge in [-0.3, -0.25) is 4.79 Å². The van der Waals surface area contributed by atoms with Crippen LogP contribution in [0.3, 0.4) is 0 Å². The fourth-order valence-corrected chi connectivity index (χ4v) is 6.26. The molecule has 0 spiro atoms. The van der Waals surface area contributed by atoms with Crippen LogP contribution in [-0.4, -0.2) is 50.2 Å². The molecule has 0 bridgehead atoms. The fraction of sp³-hybridized carbons (Fsp3) is 0.933. The second-order valence-corrected chi connectivity index (χ2v) is 8.97. The minimum Gasteiger partial charge on any atom is -0.381 e. The molecule has 22 heavy (non-hydrogen) atoms. The molecular weight excluding hydrogens is 304 g/mol. The molecule has 2 heterocycles. The Balaban J connectivity index is 1.66. The van der Waals surface area contributed by atoms with Crippen LogP contribution in [0.15, 0.2) is 0 Å². The van der Waals surface area contributed by atoms with E-state index in [0.29, 0.717) is 24.8 Å². The smallest absolute Gasteiger partial charge is 0.236 e. The van der Waals surface area contributed by atoms with Gasteiger partial charge < -0.3 is 10.5 Å². The predicted molar refractivity (Wildman–Crippen MR) is 82.5 cm³/mol. The van der Waals surface area contributed by atoms with E-state index in [4.69, 9.17) is 10.5 Å². The fourth-order valence-electron chi connectivity index (χ4n) is 4.37. The highest BCUT2D eigenvalue weighted by atomic mass is 32.2. The molecule has 1 saturated carbocycles. The molecule has 0 radical (unpaired) electrons. The van der Waals surface area contributed by atoms with E-state index in [1.165, 1.54) is 4.31 Å². The summed E-state index contributed by atoms with van der Waals surface area (Å²) in [5.74, 6) is 0.508. The number of hydrogen-bond acceptors (Lipinski definition) is 4. The van der Waals surface area contributed by atoms with Gasteiger partial charge in [0.05, 0.1) is 5.75 Å². The van der Waals surface area contributed by atoms with Gasteiger partial charge in [0.15, 0.2) is 0 Å². The van der Waals surface area contributed by atoms with Crippen LogP contribution in [0.2, 0.25) is 0 Å². The minimum absolute atomic E-state index is 0.126. The lowest BCUT2D eigenvalue weighted by Crippen LogP contribution is -2.47. The molecule has 0 aromatic rings. The topological polar surface area (TPSA) is 89.7 Å². The lowest BCUT2D eigenvalue weighted by Gasteiger charge is -2.26. The molecule has 6 nitrogen and oxygen atoms in total. The van der Waals surface area contributed by atoms with Crippen LogP contribution in [0, 0.1) is 17.8 Å². The third kappa shape index (κ3) is 3.16. The number of nitrogens with zero attached hydrogens (tertiary/aromatic N) is 1. The highest BCUT2D eigenvalue weighted by Crippen LogP contribution is 2.43. The van der Waals surface area contributed by atoms with Gasteiger partial charge >= 0.3 is 0 Å². The Morgan fingerprint density at radius 2 is 1.91 bits per heavy atom. The Labute approximate surface area is 132 Å². The van der Waals surface area contributed by atoms with E-state index in [2.05, 4.69) is 0 Å². The summed E-state index contributed by atoms with van der Waals surface area (Å²) in [6, 6.07) is -0.618. The standard InChI is InChI=1S/C15H26N2O4S/c16-15(18)14-13-3-1-2-12(13)10-17(14)22(19,20)9-6-11-4-7-21-8-5-11/h11-14H,1-10H2,(H2,16,18)/t12-,13+,14+/m1/s1. The van der Waals surface area contributed by atoms with Gasteiger partial charge in [0.1, 0.15) is 6.04 Å². The number of hydrogen-bond donors (Lipinski definition) is 1. The van der Waals surface area contributed by atoms with Crippen molar-refractivity contribution in [3.05, 3.63) is 0 Å². The zero-order chi connectivity index (χ0) is 15.7. The molecule has 1 amide bonds. The highest BCUT2D eigenvalue weighted by molar-refractivity contribution is 7.89. The first-order valence-electron chi connectivity index (χ1n) is 8.35. The van der Waals surface area contributed by atoms with Crippen molar-refractivity contribution in [2.75, 3.05) is 25.5 Å². The van der Waals surface area contributed by atoms with E-state index in [9.17, 15) is 13.2 Å². The zero-order valence-corrected chi connectivity index (χ0v) is 13.8. The van der Waals surface area contributed by atoms with Gasteiger partial charge in [0.25, 0.3) is 0 Å². The molecule has 2 saturated heterocycles. The summed E-state index contributed by atoms with van der Waals surface area (Å²) < 4.78 is 32.1.